The second-order valence-corrected chi connectivity index (χ2v) is 3.65. The molecule has 0 fully saturated rings. The van der Waals surface area contributed by atoms with Crippen LogP contribution in [-0.2, 0) is 6.42 Å². The van der Waals surface area contributed by atoms with E-state index in [1.807, 2.05) is 24.3 Å². The van der Waals surface area contributed by atoms with Gasteiger partial charge in [-0.3, -0.25) is 0 Å². The van der Waals surface area contributed by atoms with Crippen molar-refractivity contribution in [3.05, 3.63) is 40.9 Å². The normalized spacial score (nSPS) is 10.0. The Hall–Kier alpha value is -0.460. The van der Waals surface area contributed by atoms with Gasteiger partial charge in [0, 0.05) is 10.9 Å². The van der Waals surface area contributed by atoms with E-state index in [1.54, 1.807) is 0 Å². The van der Waals surface area contributed by atoms with Gasteiger partial charge in [-0.15, -0.1) is 11.6 Å². The lowest BCUT2D eigenvalue weighted by Gasteiger charge is -2.04. The van der Waals surface area contributed by atoms with Crippen molar-refractivity contribution >= 4 is 29.3 Å². The van der Waals surface area contributed by atoms with Crippen molar-refractivity contribution in [3.63, 3.8) is 0 Å². The summed E-state index contributed by atoms with van der Waals surface area (Å²) in [4.78, 5) is 0. The molecule has 0 spiro atoms. The molecule has 0 aliphatic carbocycles. The van der Waals surface area contributed by atoms with Gasteiger partial charge in [-0.2, -0.15) is 0 Å². The van der Waals surface area contributed by atoms with Crippen LogP contribution in [0.3, 0.4) is 0 Å². The fourth-order valence-electron chi connectivity index (χ4n) is 1.25. The van der Waals surface area contributed by atoms with Crippen LogP contribution in [0.2, 0.25) is 5.02 Å². The molecule has 70 valence electrons. The molecule has 0 atom stereocenters. The SMILES string of the molecule is C=Cc1ccc(Cl)cc1CCCCl. The first kappa shape index (κ1) is 10.6. The molecule has 0 saturated carbocycles. The summed E-state index contributed by atoms with van der Waals surface area (Å²) >= 11 is 11.5. The molecule has 0 radical (unpaired) electrons. The minimum atomic E-state index is 0.684. The third-order valence-corrected chi connectivity index (χ3v) is 2.41. The summed E-state index contributed by atoms with van der Waals surface area (Å²) in [5.74, 6) is 0.684. The van der Waals surface area contributed by atoms with Gasteiger partial charge in [-0.1, -0.05) is 30.3 Å². The lowest BCUT2D eigenvalue weighted by molar-refractivity contribution is 0.926. The van der Waals surface area contributed by atoms with E-state index in [0.717, 1.165) is 23.4 Å². The van der Waals surface area contributed by atoms with Crippen LogP contribution < -0.4 is 0 Å². The van der Waals surface area contributed by atoms with Gasteiger partial charge in [-0.25, -0.2) is 0 Å². The van der Waals surface area contributed by atoms with E-state index in [0.29, 0.717) is 5.88 Å². The van der Waals surface area contributed by atoms with Crippen LogP contribution in [-0.4, -0.2) is 5.88 Å². The number of hydrogen-bond acceptors (Lipinski definition) is 0. The molecule has 0 saturated heterocycles. The number of halogens is 2. The molecular weight excluding hydrogens is 203 g/mol. The molecule has 0 aromatic heterocycles. The second kappa shape index (κ2) is 5.31. The summed E-state index contributed by atoms with van der Waals surface area (Å²) in [6.45, 7) is 3.75. The number of hydrogen-bond donors (Lipinski definition) is 0. The van der Waals surface area contributed by atoms with Crippen LogP contribution in [0, 0.1) is 0 Å². The van der Waals surface area contributed by atoms with Gasteiger partial charge in [0.05, 0.1) is 0 Å². The van der Waals surface area contributed by atoms with Crippen LogP contribution >= 0.6 is 23.2 Å². The third kappa shape index (κ3) is 3.06. The highest BCUT2D eigenvalue weighted by atomic mass is 35.5. The lowest BCUT2D eigenvalue weighted by Crippen LogP contribution is -1.90. The molecule has 1 aromatic rings. The number of rotatable bonds is 4. The van der Waals surface area contributed by atoms with Crippen molar-refractivity contribution < 1.29 is 0 Å². The van der Waals surface area contributed by atoms with E-state index in [-0.39, 0.29) is 0 Å². The van der Waals surface area contributed by atoms with E-state index in [2.05, 4.69) is 6.58 Å². The molecule has 0 nitrogen and oxygen atoms in total. The van der Waals surface area contributed by atoms with Gasteiger partial charge in [0.1, 0.15) is 0 Å². The zero-order valence-electron chi connectivity index (χ0n) is 7.39. The van der Waals surface area contributed by atoms with Crippen molar-refractivity contribution in [2.45, 2.75) is 12.8 Å². The Labute approximate surface area is 89.2 Å². The summed E-state index contributed by atoms with van der Waals surface area (Å²) in [6, 6.07) is 5.84. The van der Waals surface area contributed by atoms with Crippen LogP contribution in [0.4, 0.5) is 0 Å². The van der Waals surface area contributed by atoms with Crippen molar-refractivity contribution in [2.24, 2.45) is 0 Å². The third-order valence-electron chi connectivity index (χ3n) is 1.90. The van der Waals surface area contributed by atoms with Crippen molar-refractivity contribution in [1.82, 2.24) is 0 Å². The van der Waals surface area contributed by atoms with Gasteiger partial charge in [-0.05, 0) is 36.1 Å². The number of aryl methyl sites for hydroxylation is 1. The van der Waals surface area contributed by atoms with Gasteiger partial charge < -0.3 is 0 Å². The van der Waals surface area contributed by atoms with Crippen LogP contribution in [0.25, 0.3) is 6.08 Å². The van der Waals surface area contributed by atoms with Gasteiger partial charge >= 0.3 is 0 Å². The Bertz CT molecular complexity index is 292. The lowest BCUT2D eigenvalue weighted by atomic mass is 10.0. The largest absolute Gasteiger partial charge is 0.127 e. The maximum atomic E-state index is 5.89. The standard InChI is InChI=1S/C11H12Cl2/c1-2-9-5-6-11(13)8-10(9)4-3-7-12/h2,5-6,8H,1,3-4,7H2. The zero-order chi connectivity index (χ0) is 9.68. The molecule has 1 aromatic carbocycles. The maximum absolute atomic E-state index is 5.89. The molecule has 0 N–H and O–H groups in total. The number of alkyl halides is 1. The predicted molar refractivity (Wildman–Crippen MR) is 60.6 cm³/mol. The number of benzene rings is 1. The summed E-state index contributed by atoms with van der Waals surface area (Å²) in [5.41, 5.74) is 2.37. The van der Waals surface area contributed by atoms with Crippen LogP contribution in [0.5, 0.6) is 0 Å². The molecule has 0 unspecified atom stereocenters. The Kier molecular flexibility index (Phi) is 4.34. The predicted octanol–water partition coefficient (Wildman–Crippen LogP) is 4.15. The minimum absolute atomic E-state index is 0.684. The zero-order valence-corrected chi connectivity index (χ0v) is 8.91. The van der Waals surface area contributed by atoms with Crippen LogP contribution in [0.1, 0.15) is 17.5 Å². The molecule has 0 amide bonds. The first-order valence-corrected chi connectivity index (χ1v) is 5.16. The molecule has 0 aliphatic heterocycles. The molecular formula is C11H12Cl2. The fourth-order valence-corrected chi connectivity index (χ4v) is 1.58. The average Bonchev–Trinajstić information content (AvgIpc) is 2.15. The van der Waals surface area contributed by atoms with E-state index in [9.17, 15) is 0 Å². The van der Waals surface area contributed by atoms with Gasteiger partial charge in [0.15, 0.2) is 0 Å². The molecule has 1 rings (SSSR count). The minimum Gasteiger partial charge on any atom is -0.127 e. The highest BCUT2D eigenvalue weighted by Crippen LogP contribution is 2.18. The van der Waals surface area contributed by atoms with Crippen molar-refractivity contribution in [1.29, 1.82) is 0 Å². The Morgan fingerprint density at radius 3 is 2.77 bits per heavy atom. The first-order chi connectivity index (χ1) is 6.27. The molecule has 0 heterocycles. The smallest absolute Gasteiger partial charge is 0.0409 e. The van der Waals surface area contributed by atoms with E-state index < -0.39 is 0 Å². The topological polar surface area (TPSA) is 0 Å². The second-order valence-electron chi connectivity index (χ2n) is 2.84. The van der Waals surface area contributed by atoms with E-state index in [1.165, 1.54) is 5.56 Å². The summed E-state index contributed by atoms with van der Waals surface area (Å²) in [6.07, 6.45) is 3.79. The molecule has 0 aliphatic rings. The Morgan fingerprint density at radius 2 is 2.15 bits per heavy atom. The Balaban J connectivity index is 2.87. The summed E-state index contributed by atoms with van der Waals surface area (Å²) in [5, 5.41) is 0.773. The Morgan fingerprint density at radius 1 is 1.38 bits per heavy atom. The first-order valence-electron chi connectivity index (χ1n) is 4.24. The average molecular weight is 215 g/mol. The molecule has 0 bridgehead atoms. The highest BCUT2D eigenvalue weighted by Gasteiger charge is 1.99. The fraction of sp³-hybridized carbons (Fsp3) is 0.273. The summed E-state index contributed by atoms with van der Waals surface area (Å²) in [7, 11) is 0. The van der Waals surface area contributed by atoms with Gasteiger partial charge in [0.2, 0.25) is 0 Å². The molecule has 2 heteroatoms. The van der Waals surface area contributed by atoms with Gasteiger partial charge in [0.25, 0.3) is 0 Å². The van der Waals surface area contributed by atoms with E-state index >= 15 is 0 Å². The summed E-state index contributed by atoms with van der Waals surface area (Å²) < 4.78 is 0. The highest BCUT2D eigenvalue weighted by molar-refractivity contribution is 6.30. The molecule has 13 heavy (non-hydrogen) atoms. The quantitative estimate of drug-likeness (QED) is 0.661. The van der Waals surface area contributed by atoms with E-state index in [4.69, 9.17) is 23.2 Å². The van der Waals surface area contributed by atoms with Crippen molar-refractivity contribution in [3.8, 4) is 0 Å². The monoisotopic (exact) mass is 214 g/mol. The van der Waals surface area contributed by atoms with Crippen LogP contribution in [0.15, 0.2) is 24.8 Å². The van der Waals surface area contributed by atoms with Crippen molar-refractivity contribution in [2.75, 3.05) is 5.88 Å². The maximum Gasteiger partial charge on any atom is 0.0409 e.